The van der Waals surface area contributed by atoms with Gasteiger partial charge in [-0.2, -0.15) is 4.98 Å². The van der Waals surface area contributed by atoms with Crippen molar-refractivity contribution in [1.82, 2.24) is 9.97 Å². The molecule has 0 bridgehead atoms. The van der Waals surface area contributed by atoms with Crippen LogP contribution < -0.4 is 10.6 Å². The van der Waals surface area contributed by atoms with Gasteiger partial charge in [0.1, 0.15) is 10.8 Å². The van der Waals surface area contributed by atoms with Crippen molar-refractivity contribution in [2.75, 3.05) is 17.2 Å². The van der Waals surface area contributed by atoms with E-state index in [0.717, 1.165) is 0 Å². The van der Waals surface area contributed by atoms with E-state index >= 15 is 0 Å². The molecular weight excluding hydrogens is 290 g/mol. The first kappa shape index (κ1) is 13.8. The summed E-state index contributed by atoms with van der Waals surface area (Å²) in [7, 11) is 0. The number of rotatable bonds is 4. The molecule has 0 aliphatic heterocycles. The Hall–Kier alpha value is -1.59. The van der Waals surface area contributed by atoms with Crippen LogP contribution in [0.5, 0.6) is 0 Å². The molecule has 19 heavy (non-hydrogen) atoms. The largest absolute Gasteiger partial charge is 0.354 e. The van der Waals surface area contributed by atoms with Gasteiger partial charge in [0.25, 0.3) is 0 Å². The van der Waals surface area contributed by atoms with Crippen molar-refractivity contribution in [3.63, 3.8) is 0 Å². The van der Waals surface area contributed by atoms with E-state index in [-0.39, 0.29) is 5.02 Å². The minimum absolute atomic E-state index is 0.0297. The second kappa shape index (κ2) is 6.04. The Balaban J connectivity index is 2.26. The van der Waals surface area contributed by atoms with E-state index in [1.165, 1.54) is 18.3 Å². The lowest BCUT2D eigenvalue weighted by Crippen LogP contribution is -2.04. The minimum atomic E-state index is -0.477. The number of nitrogens with zero attached hydrogens (tertiary/aromatic N) is 2. The van der Waals surface area contributed by atoms with Crippen LogP contribution in [0.15, 0.2) is 24.4 Å². The summed E-state index contributed by atoms with van der Waals surface area (Å²) in [4.78, 5) is 8.23. The van der Waals surface area contributed by atoms with Gasteiger partial charge in [-0.3, -0.25) is 0 Å². The normalized spacial score (nSPS) is 10.3. The Morgan fingerprint density at radius 1 is 1.26 bits per heavy atom. The van der Waals surface area contributed by atoms with Gasteiger partial charge < -0.3 is 10.6 Å². The second-order valence-corrected chi connectivity index (χ2v) is 4.49. The number of nitrogens with one attached hydrogen (secondary N) is 2. The molecule has 1 aromatic heterocycles. The smallest absolute Gasteiger partial charge is 0.224 e. The highest BCUT2D eigenvalue weighted by molar-refractivity contribution is 6.33. The van der Waals surface area contributed by atoms with E-state index in [9.17, 15) is 4.39 Å². The predicted octanol–water partition coefficient (Wildman–Crippen LogP) is 4.10. The number of hydrogen-bond acceptors (Lipinski definition) is 4. The summed E-state index contributed by atoms with van der Waals surface area (Å²) < 4.78 is 13.1. The Labute approximate surface area is 120 Å². The highest BCUT2D eigenvalue weighted by Gasteiger charge is 2.07. The van der Waals surface area contributed by atoms with Crippen LogP contribution >= 0.6 is 23.2 Å². The quantitative estimate of drug-likeness (QED) is 0.892. The maximum atomic E-state index is 13.1. The zero-order valence-corrected chi connectivity index (χ0v) is 11.6. The summed E-state index contributed by atoms with van der Waals surface area (Å²) in [5.41, 5.74) is 0.592. The molecule has 1 aromatic carbocycles. The van der Waals surface area contributed by atoms with Gasteiger partial charge in [0.15, 0.2) is 5.82 Å². The standard InChI is InChI=1S/C12H11Cl2FN4/c1-2-16-12-17-6-9(14)11(19-12)18-7-3-4-10(15)8(13)5-7/h3-6H,2H2,1H3,(H2,16,17,18,19). The fourth-order valence-electron chi connectivity index (χ4n) is 1.41. The average Bonchev–Trinajstić information content (AvgIpc) is 2.38. The van der Waals surface area contributed by atoms with Crippen molar-refractivity contribution >= 4 is 40.7 Å². The van der Waals surface area contributed by atoms with Gasteiger partial charge in [0.2, 0.25) is 5.95 Å². The first-order chi connectivity index (χ1) is 9.10. The molecular formula is C12H11Cl2FN4. The molecule has 2 rings (SSSR count). The molecule has 1 heterocycles. The van der Waals surface area contributed by atoms with E-state index in [4.69, 9.17) is 23.2 Å². The fraction of sp³-hybridized carbons (Fsp3) is 0.167. The third-order valence-electron chi connectivity index (χ3n) is 2.26. The van der Waals surface area contributed by atoms with E-state index in [1.807, 2.05) is 6.92 Å². The number of aromatic nitrogens is 2. The first-order valence-corrected chi connectivity index (χ1v) is 6.34. The lowest BCUT2D eigenvalue weighted by Gasteiger charge is -2.09. The van der Waals surface area contributed by atoms with Crippen LogP contribution in [0.2, 0.25) is 10.0 Å². The summed E-state index contributed by atoms with van der Waals surface area (Å²) >= 11 is 11.7. The van der Waals surface area contributed by atoms with Crippen LogP contribution in [0.1, 0.15) is 6.92 Å². The summed E-state index contributed by atoms with van der Waals surface area (Å²) in [6.45, 7) is 2.63. The lowest BCUT2D eigenvalue weighted by atomic mass is 10.3. The van der Waals surface area contributed by atoms with Crippen LogP contribution in [0, 0.1) is 5.82 Å². The molecule has 4 nitrogen and oxygen atoms in total. The Bertz CT molecular complexity index is 592. The lowest BCUT2D eigenvalue weighted by molar-refractivity contribution is 0.628. The van der Waals surface area contributed by atoms with Gasteiger partial charge in [0, 0.05) is 12.2 Å². The topological polar surface area (TPSA) is 49.8 Å². The van der Waals surface area contributed by atoms with Gasteiger partial charge in [-0.25, -0.2) is 9.37 Å². The minimum Gasteiger partial charge on any atom is -0.354 e. The van der Waals surface area contributed by atoms with Crippen molar-refractivity contribution in [1.29, 1.82) is 0 Å². The number of halogens is 3. The predicted molar refractivity (Wildman–Crippen MR) is 75.9 cm³/mol. The Morgan fingerprint density at radius 2 is 2.05 bits per heavy atom. The molecule has 2 aromatic rings. The maximum absolute atomic E-state index is 13.1. The van der Waals surface area contributed by atoms with Crippen molar-refractivity contribution < 1.29 is 4.39 Å². The molecule has 0 unspecified atom stereocenters. The molecule has 0 aliphatic carbocycles. The molecule has 0 fully saturated rings. The SMILES string of the molecule is CCNc1ncc(Cl)c(Nc2ccc(F)c(Cl)c2)n1. The Kier molecular flexibility index (Phi) is 4.39. The van der Waals surface area contributed by atoms with Crippen LogP contribution in [0.25, 0.3) is 0 Å². The maximum Gasteiger partial charge on any atom is 0.224 e. The van der Waals surface area contributed by atoms with Crippen molar-refractivity contribution in [2.45, 2.75) is 6.92 Å². The molecule has 0 aliphatic rings. The summed E-state index contributed by atoms with van der Waals surface area (Å²) in [5.74, 6) is 0.409. The third kappa shape index (κ3) is 3.45. The number of hydrogen-bond donors (Lipinski definition) is 2. The molecule has 7 heteroatoms. The van der Waals surface area contributed by atoms with Crippen molar-refractivity contribution in [3.05, 3.63) is 40.3 Å². The number of anilines is 3. The summed E-state index contributed by atoms with van der Waals surface area (Å²) in [6.07, 6.45) is 1.49. The molecule has 0 spiro atoms. The first-order valence-electron chi connectivity index (χ1n) is 5.58. The molecule has 0 saturated heterocycles. The molecule has 0 saturated carbocycles. The second-order valence-electron chi connectivity index (χ2n) is 3.67. The monoisotopic (exact) mass is 300 g/mol. The van der Waals surface area contributed by atoms with Gasteiger partial charge in [-0.15, -0.1) is 0 Å². The van der Waals surface area contributed by atoms with E-state index < -0.39 is 5.82 Å². The summed E-state index contributed by atoms with van der Waals surface area (Å²) in [6, 6.07) is 4.28. The van der Waals surface area contributed by atoms with Crippen LogP contribution in [-0.4, -0.2) is 16.5 Å². The molecule has 2 N–H and O–H groups in total. The highest BCUT2D eigenvalue weighted by atomic mass is 35.5. The molecule has 100 valence electrons. The fourth-order valence-corrected chi connectivity index (χ4v) is 1.73. The van der Waals surface area contributed by atoms with Gasteiger partial charge in [-0.05, 0) is 25.1 Å². The van der Waals surface area contributed by atoms with E-state index in [1.54, 1.807) is 6.07 Å². The zero-order chi connectivity index (χ0) is 13.8. The van der Waals surface area contributed by atoms with E-state index in [0.29, 0.717) is 29.0 Å². The van der Waals surface area contributed by atoms with Crippen molar-refractivity contribution in [2.24, 2.45) is 0 Å². The van der Waals surface area contributed by atoms with Crippen LogP contribution in [0.3, 0.4) is 0 Å². The van der Waals surface area contributed by atoms with Crippen molar-refractivity contribution in [3.8, 4) is 0 Å². The van der Waals surface area contributed by atoms with Gasteiger partial charge in [-0.1, -0.05) is 23.2 Å². The van der Waals surface area contributed by atoms with E-state index in [2.05, 4.69) is 20.6 Å². The third-order valence-corrected chi connectivity index (χ3v) is 2.83. The molecule has 0 amide bonds. The average molecular weight is 301 g/mol. The highest BCUT2D eigenvalue weighted by Crippen LogP contribution is 2.26. The van der Waals surface area contributed by atoms with Gasteiger partial charge in [0.05, 0.1) is 11.2 Å². The summed E-state index contributed by atoms with van der Waals surface area (Å²) in [5, 5.41) is 6.33. The Morgan fingerprint density at radius 3 is 2.74 bits per heavy atom. The molecule has 0 atom stereocenters. The van der Waals surface area contributed by atoms with Crippen LogP contribution in [0.4, 0.5) is 21.8 Å². The van der Waals surface area contributed by atoms with Crippen LogP contribution in [-0.2, 0) is 0 Å². The van der Waals surface area contributed by atoms with Gasteiger partial charge >= 0.3 is 0 Å². The zero-order valence-electron chi connectivity index (χ0n) is 10.0. The molecule has 0 radical (unpaired) electrons. The number of benzene rings is 1.